The fourth-order valence-electron chi connectivity index (χ4n) is 3.51. The molecule has 1 aliphatic heterocycles. The Morgan fingerprint density at radius 1 is 0.966 bits per heavy atom. The molecule has 4 rings (SSSR count). The standard InChI is InChI=1S/C23H22N2O3S/c1-17-9-12-20(13-10-17)24-23(26)19-11-14-22-18(16-19)6-5-15-25(22)29(27,28)21-7-3-2-4-8-21/h2-4,7-14,16H,5-6,15H2,1H3,(H,24,26). The van der Waals surface area contributed by atoms with Crippen LogP contribution in [-0.4, -0.2) is 20.9 Å². The van der Waals surface area contributed by atoms with Crippen molar-refractivity contribution in [1.82, 2.24) is 0 Å². The fraction of sp³-hybridized carbons (Fsp3) is 0.174. The third-order valence-corrected chi connectivity index (χ3v) is 6.89. The predicted octanol–water partition coefficient (Wildman–Crippen LogP) is 4.39. The van der Waals surface area contributed by atoms with Crippen LogP contribution >= 0.6 is 0 Å². The van der Waals surface area contributed by atoms with Crippen molar-refractivity contribution >= 4 is 27.3 Å². The summed E-state index contributed by atoms with van der Waals surface area (Å²) in [6.07, 6.45) is 1.45. The summed E-state index contributed by atoms with van der Waals surface area (Å²) < 4.78 is 27.6. The van der Waals surface area contributed by atoms with Gasteiger partial charge in [-0.3, -0.25) is 9.10 Å². The van der Waals surface area contributed by atoms with Crippen LogP contribution in [-0.2, 0) is 16.4 Å². The van der Waals surface area contributed by atoms with E-state index >= 15 is 0 Å². The Balaban J connectivity index is 1.62. The second kappa shape index (κ2) is 7.72. The van der Waals surface area contributed by atoms with Crippen LogP contribution in [0.2, 0.25) is 0 Å². The van der Waals surface area contributed by atoms with Gasteiger partial charge in [-0.2, -0.15) is 0 Å². The molecule has 0 radical (unpaired) electrons. The number of aryl methyl sites for hydroxylation is 2. The SMILES string of the molecule is Cc1ccc(NC(=O)c2ccc3c(c2)CCCN3S(=O)(=O)c2ccccc2)cc1. The molecular formula is C23H22N2O3S. The fourth-order valence-corrected chi connectivity index (χ4v) is 5.08. The second-order valence-electron chi connectivity index (χ2n) is 7.16. The molecule has 0 aromatic heterocycles. The van der Waals surface area contributed by atoms with Gasteiger partial charge in [-0.1, -0.05) is 35.9 Å². The first kappa shape index (κ1) is 19.2. The zero-order valence-electron chi connectivity index (χ0n) is 16.1. The van der Waals surface area contributed by atoms with Crippen molar-refractivity contribution in [2.24, 2.45) is 0 Å². The maximum atomic E-state index is 13.1. The van der Waals surface area contributed by atoms with E-state index < -0.39 is 10.0 Å². The highest BCUT2D eigenvalue weighted by atomic mass is 32.2. The zero-order valence-corrected chi connectivity index (χ0v) is 16.9. The average Bonchev–Trinajstić information content (AvgIpc) is 2.75. The summed E-state index contributed by atoms with van der Waals surface area (Å²) in [5.74, 6) is -0.209. The van der Waals surface area contributed by atoms with Crippen LogP contribution in [0.25, 0.3) is 0 Å². The Bertz CT molecular complexity index is 1140. The number of rotatable bonds is 4. The zero-order chi connectivity index (χ0) is 20.4. The first-order valence-electron chi connectivity index (χ1n) is 9.54. The number of amides is 1. The quantitative estimate of drug-likeness (QED) is 0.699. The minimum atomic E-state index is -3.63. The smallest absolute Gasteiger partial charge is 0.264 e. The highest BCUT2D eigenvalue weighted by molar-refractivity contribution is 7.92. The summed E-state index contributed by atoms with van der Waals surface area (Å²) in [6, 6.07) is 21.3. The lowest BCUT2D eigenvalue weighted by molar-refractivity contribution is 0.102. The van der Waals surface area contributed by atoms with Gasteiger partial charge in [0.1, 0.15) is 0 Å². The first-order chi connectivity index (χ1) is 13.9. The van der Waals surface area contributed by atoms with Crippen molar-refractivity contribution in [1.29, 1.82) is 0 Å². The van der Waals surface area contributed by atoms with Gasteiger partial charge < -0.3 is 5.32 Å². The van der Waals surface area contributed by atoms with Crippen LogP contribution in [0.3, 0.4) is 0 Å². The highest BCUT2D eigenvalue weighted by Crippen LogP contribution is 2.32. The second-order valence-corrected chi connectivity index (χ2v) is 9.02. The Morgan fingerprint density at radius 2 is 1.69 bits per heavy atom. The summed E-state index contributed by atoms with van der Waals surface area (Å²) in [4.78, 5) is 12.9. The molecule has 1 N–H and O–H groups in total. The number of sulfonamides is 1. The number of nitrogens with one attached hydrogen (secondary N) is 1. The average molecular weight is 407 g/mol. The molecule has 0 aliphatic carbocycles. The van der Waals surface area contributed by atoms with Crippen molar-refractivity contribution in [3.8, 4) is 0 Å². The van der Waals surface area contributed by atoms with Gasteiger partial charge in [-0.05, 0) is 67.8 Å². The molecule has 0 saturated heterocycles. The van der Waals surface area contributed by atoms with Gasteiger partial charge in [0, 0.05) is 17.8 Å². The van der Waals surface area contributed by atoms with Gasteiger partial charge in [0.25, 0.3) is 15.9 Å². The topological polar surface area (TPSA) is 66.5 Å². The lowest BCUT2D eigenvalue weighted by Crippen LogP contribution is -2.35. The van der Waals surface area contributed by atoms with Gasteiger partial charge in [0.2, 0.25) is 0 Å². The van der Waals surface area contributed by atoms with Crippen LogP contribution < -0.4 is 9.62 Å². The monoisotopic (exact) mass is 406 g/mol. The molecule has 3 aromatic carbocycles. The number of carbonyl (C=O) groups excluding carboxylic acids is 1. The number of carbonyl (C=O) groups is 1. The van der Waals surface area contributed by atoms with Crippen LogP contribution in [0, 0.1) is 6.92 Å². The highest BCUT2D eigenvalue weighted by Gasteiger charge is 2.29. The Labute approximate surface area is 171 Å². The normalized spacial score (nSPS) is 13.6. The molecule has 3 aromatic rings. The number of anilines is 2. The van der Waals surface area contributed by atoms with E-state index in [0.717, 1.165) is 23.2 Å². The molecule has 0 saturated carbocycles. The molecule has 0 fully saturated rings. The minimum absolute atomic E-state index is 0.209. The van der Waals surface area contributed by atoms with E-state index in [4.69, 9.17) is 0 Å². The molecule has 1 aliphatic rings. The molecule has 1 amide bonds. The number of hydrogen-bond donors (Lipinski definition) is 1. The molecule has 0 bridgehead atoms. The van der Waals surface area contributed by atoms with Gasteiger partial charge >= 0.3 is 0 Å². The van der Waals surface area contributed by atoms with E-state index in [1.54, 1.807) is 48.5 Å². The summed E-state index contributed by atoms with van der Waals surface area (Å²) >= 11 is 0. The molecule has 0 spiro atoms. The minimum Gasteiger partial charge on any atom is -0.322 e. The molecule has 29 heavy (non-hydrogen) atoms. The van der Waals surface area contributed by atoms with Crippen LogP contribution in [0.1, 0.15) is 27.9 Å². The van der Waals surface area contributed by atoms with Gasteiger partial charge in [-0.15, -0.1) is 0 Å². The third-order valence-electron chi connectivity index (χ3n) is 5.06. The van der Waals surface area contributed by atoms with E-state index in [1.807, 2.05) is 31.2 Å². The molecule has 5 nitrogen and oxygen atoms in total. The van der Waals surface area contributed by atoms with Gasteiger partial charge in [0.05, 0.1) is 10.6 Å². The van der Waals surface area contributed by atoms with E-state index in [9.17, 15) is 13.2 Å². The molecule has 6 heteroatoms. The molecule has 148 valence electrons. The van der Waals surface area contributed by atoms with Crippen molar-refractivity contribution in [3.05, 3.63) is 89.5 Å². The summed E-state index contributed by atoms with van der Waals surface area (Å²) in [6.45, 7) is 2.42. The molecule has 0 atom stereocenters. The van der Waals surface area contributed by atoms with Crippen molar-refractivity contribution < 1.29 is 13.2 Å². The number of nitrogens with zero attached hydrogens (tertiary/aromatic N) is 1. The number of fused-ring (bicyclic) bond motifs is 1. The van der Waals surface area contributed by atoms with Crippen LogP contribution in [0.5, 0.6) is 0 Å². The lowest BCUT2D eigenvalue weighted by atomic mass is 10.0. The maximum Gasteiger partial charge on any atom is 0.264 e. The number of benzene rings is 3. The van der Waals surface area contributed by atoms with Crippen LogP contribution in [0.15, 0.2) is 77.7 Å². The van der Waals surface area contributed by atoms with Crippen molar-refractivity contribution in [2.75, 3.05) is 16.2 Å². The third kappa shape index (κ3) is 3.89. The van der Waals surface area contributed by atoms with E-state index in [-0.39, 0.29) is 10.8 Å². The summed E-state index contributed by atoms with van der Waals surface area (Å²) in [5.41, 5.74) is 3.88. The van der Waals surface area contributed by atoms with E-state index in [0.29, 0.717) is 24.2 Å². The predicted molar refractivity (Wildman–Crippen MR) is 115 cm³/mol. The molecular weight excluding hydrogens is 384 g/mol. The maximum absolute atomic E-state index is 13.1. The van der Waals surface area contributed by atoms with Crippen molar-refractivity contribution in [3.63, 3.8) is 0 Å². The summed E-state index contributed by atoms with van der Waals surface area (Å²) in [5, 5.41) is 2.89. The first-order valence-corrected chi connectivity index (χ1v) is 11.0. The van der Waals surface area contributed by atoms with Crippen molar-refractivity contribution in [2.45, 2.75) is 24.7 Å². The Morgan fingerprint density at radius 3 is 2.41 bits per heavy atom. The van der Waals surface area contributed by atoms with Gasteiger partial charge in [0.15, 0.2) is 0 Å². The largest absolute Gasteiger partial charge is 0.322 e. The van der Waals surface area contributed by atoms with Gasteiger partial charge in [-0.25, -0.2) is 8.42 Å². The van der Waals surface area contributed by atoms with E-state index in [2.05, 4.69) is 5.32 Å². The summed E-state index contributed by atoms with van der Waals surface area (Å²) in [7, 11) is -3.63. The molecule has 0 unspecified atom stereocenters. The lowest BCUT2D eigenvalue weighted by Gasteiger charge is -2.30. The number of hydrogen-bond acceptors (Lipinski definition) is 3. The van der Waals surface area contributed by atoms with Crippen LogP contribution in [0.4, 0.5) is 11.4 Å². The van der Waals surface area contributed by atoms with E-state index in [1.165, 1.54) is 4.31 Å². The Kier molecular flexibility index (Phi) is 5.11. The Hall–Kier alpha value is -3.12. The molecule has 1 heterocycles.